The van der Waals surface area contributed by atoms with E-state index < -0.39 is 5.97 Å². The van der Waals surface area contributed by atoms with Gasteiger partial charge in [-0.25, -0.2) is 0 Å². The molecule has 0 aromatic carbocycles. The van der Waals surface area contributed by atoms with Gasteiger partial charge >= 0.3 is 5.97 Å². The Morgan fingerprint density at radius 1 is 1.35 bits per heavy atom. The number of Topliss-reactive ketones (excluding diaryl/α,β-unsaturated/α-hetero) is 1. The first kappa shape index (κ1) is 14.0. The van der Waals surface area contributed by atoms with Gasteiger partial charge in [0.15, 0.2) is 0 Å². The van der Waals surface area contributed by atoms with E-state index in [1.165, 1.54) is 0 Å². The number of carbonyl (C=O) groups excluding carboxylic acids is 2. The van der Waals surface area contributed by atoms with Gasteiger partial charge in [0, 0.05) is 25.9 Å². The van der Waals surface area contributed by atoms with Crippen LogP contribution in [0, 0.1) is 0 Å². The molecular weight excluding hydrogens is 242 g/mol. The van der Waals surface area contributed by atoms with E-state index in [1.807, 2.05) is 0 Å². The van der Waals surface area contributed by atoms with Crippen LogP contribution in [-0.2, 0) is 14.4 Å². The van der Waals surface area contributed by atoms with Crippen molar-refractivity contribution < 1.29 is 19.5 Å². The van der Waals surface area contributed by atoms with Crippen molar-refractivity contribution in [3.05, 3.63) is 0 Å². The molecule has 0 aromatic rings. The van der Waals surface area contributed by atoms with Gasteiger partial charge in [0.2, 0.25) is 5.91 Å². The summed E-state index contributed by atoms with van der Waals surface area (Å²) in [5.74, 6) is -0.442. The maximum absolute atomic E-state index is 11.4. The van der Waals surface area contributed by atoms with E-state index in [4.69, 9.17) is 5.11 Å². The van der Waals surface area contributed by atoms with Crippen molar-refractivity contribution in [3.63, 3.8) is 0 Å². The smallest absolute Gasteiger partial charge is 0.313 e. The Bertz CT molecular complexity index is 306. The number of thioether (sulfide) groups is 1. The minimum atomic E-state index is -0.898. The SMILES string of the molecule is O=C(O)CSCC(=O)CCCN1CCCC1=O. The second-order valence-electron chi connectivity index (χ2n) is 4.01. The van der Waals surface area contributed by atoms with Crippen molar-refractivity contribution >= 4 is 29.4 Å². The van der Waals surface area contributed by atoms with Crippen LogP contribution in [-0.4, -0.2) is 52.3 Å². The molecule has 1 saturated heterocycles. The van der Waals surface area contributed by atoms with Gasteiger partial charge in [-0.2, -0.15) is 0 Å². The Labute approximate surface area is 105 Å². The lowest BCUT2D eigenvalue weighted by atomic mass is 10.2. The molecule has 1 aliphatic rings. The lowest BCUT2D eigenvalue weighted by molar-refractivity contribution is -0.134. The van der Waals surface area contributed by atoms with Crippen molar-refractivity contribution in [1.82, 2.24) is 4.90 Å². The maximum atomic E-state index is 11.4. The molecule has 0 saturated carbocycles. The van der Waals surface area contributed by atoms with E-state index in [0.29, 0.717) is 25.8 Å². The summed E-state index contributed by atoms with van der Waals surface area (Å²) in [5, 5.41) is 8.40. The quantitative estimate of drug-likeness (QED) is 0.697. The highest BCUT2D eigenvalue weighted by atomic mass is 32.2. The summed E-state index contributed by atoms with van der Waals surface area (Å²) in [4.78, 5) is 34.6. The molecule has 1 amide bonds. The molecule has 0 unspecified atom stereocenters. The Morgan fingerprint density at radius 3 is 2.71 bits per heavy atom. The van der Waals surface area contributed by atoms with E-state index >= 15 is 0 Å². The summed E-state index contributed by atoms with van der Waals surface area (Å²) in [6.45, 7) is 1.45. The molecule has 0 spiro atoms. The first-order valence-electron chi connectivity index (χ1n) is 5.68. The zero-order valence-corrected chi connectivity index (χ0v) is 10.5. The third-order valence-corrected chi connectivity index (χ3v) is 3.52. The van der Waals surface area contributed by atoms with Crippen LogP contribution < -0.4 is 0 Å². The van der Waals surface area contributed by atoms with Crippen LogP contribution in [0.3, 0.4) is 0 Å². The third-order valence-electron chi connectivity index (χ3n) is 2.54. The Hall–Kier alpha value is -1.04. The van der Waals surface area contributed by atoms with Crippen LogP contribution in [0.25, 0.3) is 0 Å². The highest BCUT2D eigenvalue weighted by molar-refractivity contribution is 8.00. The lowest BCUT2D eigenvalue weighted by Gasteiger charge is -2.14. The highest BCUT2D eigenvalue weighted by Gasteiger charge is 2.19. The van der Waals surface area contributed by atoms with Crippen LogP contribution in [0.2, 0.25) is 0 Å². The van der Waals surface area contributed by atoms with Gasteiger partial charge in [-0.15, -0.1) is 11.8 Å². The molecule has 1 aliphatic heterocycles. The standard InChI is InChI=1S/C11H17NO4S/c13-9(7-17-8-11(15)16)3-1-5-12-6-2-4-10(12)14/h1-8H2,(H,15,16). The summed E-state index contributed by atoms with van der Waals surface area (Å²) >= 11 is 1.12. The molecule has 1 N–H and O–H groups in total. The molecule has 0 bridgehead atoms. The van der Waals surface area contributed by atoms with Crippen molar-refractivity contribution in [2.75, 3.05) is 24.6 Å². The van der Waals surface area contributed by atoms with Crippen molar-refractivity contribution in [1.29, 1.82) is 0 Å². The van der Waals surface area contributed by atoms with Crippen LogP contribution in [0.15, 0.2) is 0 Å². The molecular formula is C11H17NO4S. The van der Waals surface area contributed by atoms with E-state index in [9.17, 15) is 14.4 Å². The zero-order valence-electron chi connectivity index (χ0n) is 9.68. The average Bonchev–Trinajstić information content (AvgIpc) is 2.64. The molecule has 0 atom stereocenters. The second kappa shape index (κ2) is 7.32. The molecule has 1 heterocycles. The number of likely N-dealkylation sites (tertiary alicyclic amines) is 1. The number of rotatable bonds is 8. The Kier molecular flexibility index (Phi) is 6.04. The summed E-state index contributed by atoms with van der Waals surface area (Å²) in [6, 6.07) is 0. The zero-order chi connectivity index (χ0) is 12.7. The van der Waals surface area contributed by atoms with Crippen LogP contribution in [0.5, 0.6) is 0 Å². The van der Waals surface area contributed by atoms with E-state index in [-0.39, 0.29) is 23.2 Å². The summed E-state index contributed by atoms with van der Waals surface area (Å²) in [7, 11) is 0. The normalized spacial score (nSPS) is 15.3. The van der Waals surface area contributed by atoms with Crippen LogP contribution in [0.4, 0.5) is 0 Å². The number of carboxylic acids is 1. The first-order chi connectivity index (χ1) is 8.09. The fraction of sp³-hybridized carbons (Fsp3) is 0.727. The van der Waals surface area contributed by atoms with Crippen LogP contribution in [0.1, 0.15) is 25.7 Å². The predicted molar refractivity (Wildman–Crippen MR) is 65.0 cm³/mol. The lowest BCUT2D eigenvalue weighted by Crippen LogP contribution is -2.26. The monoisotopic (exact) mass is 259 g/mol. The van der Waals surface area contributed by atoms with Gasteiger partial charge in [-0.3, -0.25) is 14.4 Å². The van der Waals surface area contributed by atoms with Gasteiger partial charge < -0.3 is 10.0 Å². The Morgan fingerprint density at radius 2 is 2.12 bits per heavy atom. The molecule has 17 heavy (non-hydrogen) atoms. The van der Waals surface area contributed by atoms with E-state index in [0.717, 1.165) is 24.7 Å². The van der Waals surface area contributed by atoms with Gasteiger partial charge in [-0.1, -0.05) is 0 Å². The number of carbonyl (C=O) groups is 3. The van der Waals surface area contributed by atoms with E-state index in [2.05, 4.69) is 0 Å². The third kappa shape index (κ3) is 5.72. The highest BCUT2D eigenvalue weighted by Crippen LogP contribution is 2.11. The number of aliphatic carboxylic acids is 1. The number of amides is 1. The van der Waals surface area contributed by atoms with Crippen molar-refractivity contribution in [3.8, 4) is 0 Å². The minimum absolute atomic E-state index is 0.0314. The number of hydrogen-bond acceptors (Lipinski definition) is 4. The molecule has 6 heteroatoms. The average molecular weight is 259 g/mol. The largest absolute Gasteiger partial charge is 0.481 e. The molecule has 1 fully saturated rings. The molecule has 1 rings (SSSR count). The van der Waals surface area contributed by atoms with E-state index in [1.54, 1.807) is 4.90 Å². The van der Waals surface area contributed by atoms with Gasteiger partial charge in [0.25, 0.3) is 0 Å². The van der Waals surface area contributed by atoms with Gasteiger partial charge in [0.1, 0.15) is 5.78 Å². The molecule has 0 aromatic heterocycles. The summed E-state index contributed by atoms with van der Waals surface area (Å²) in [6.07, 6.45) is 2.65. The van der Waals surface area contributed by atoms with Gasteiger partial charge in [0.05, 0.1) is 11.5 Å². The summed E-state index contributed by atoms with van der Waals surface area (Å²) < 4.78 is 0. The predicted octanol–water partition coefficient (Wildman–Crippen LogP) is 0.776. The maximum Gasteiger partial charge on any atom is 0.313 e. The fourth-order valence-corrected chi connectivity index (χ4v) is 2.38. The molecule has 5 nitrogen and oxygen atoms in total. The number of carboxylic acid groups (broad SMARTS) is 1. The molecule has 96 valence electrons. The number of ketones is 1. The molecule has 0 radical (unpaired) electrons. The van der Waals surface area contributed by atoms with Gasteiger partial charge in [-0.05, 0) is 12.8 Å². The second-order valence-corrected chi connectivity index (χ2v) is 5.00. The van der Waals surface area contributed by atoms with Crippen molar-refractivity contribution in [2.24, 2.45) is 0 Å². The number of hydrogen-bond donors (Lipinski definition) is 1. The summed E-state index contributed by atoms with van der Waals surface area (Å²) in [5.41, 5.74) is 0. The number of nitrogens with zero attached hydrogens (tertiary/aromatic N) is 1. The first-order valence-corrected chi connectivity index (χ1v) is 6.84. The minimum Gasteiger partial charge on any atom is -0.481 e. The molecule has 0 aliphatic carbocycles. The van der Waals surface area contributed by atoms with Crippen LogP contribution >= 0.6 is 11.8 Å². The Balaban J connectivity index is 2.03. The van der Waals surface area contributed by atoms with Crippen molar-refractivity contribution in [2.45, 2.75) is 25.7 Å². The topological polar surface area (TPSA) is 74.7 Å². The fourth-order valence-electron chi connectivity index (χ4n) is 1.73.